The molecule has 0 aliphatic carbocycles. The first kappa shape index (κ1) is 18.7. The quantitative estimate of drug-likeness (QED) is 0.616. The molecule has 1 aliphatic heterocycles. The standard InChI is InChI=1S/C22H32N4/c1-2-17(19-12-14-21(23)25-16-19)8-5-3-4-6-10-20-13-11-18-9-7-15-24-22(18)26-20/h11-14,16-17H,2-10,15H2,1H3,(H2,23,25)(H,24,26). The van der Waals surface area contributed by atoms with Crippen LogP contribution in [0.5, 0.6) is 0 Å². The molecule has 3 N–H and O–H groups in total. The molecule has 4 nitrogen and oxygen atoms in total. The van der Waals surface area contributed by atoms with Crippen molar-refractivity contribution >= 4 is 11.6 Å². The van der Waals surface area contributed by atoms with Gasteiger partial charge in [-0.2, -0.15) is 0 Å². The second kappa shape index (κ2) is 9.56. The minimum Gasteiger partial charge on any atom is -0.384 e. The normalized spacial score (nSPS) is 14.5. The molecule has 0 aromatic carbocycles. The summed E-state index contributed by atoms with van der Waals surface area (Å²) in [6.07, 6.45) is 12.9. The summed E-state index contributed by atoms with van der Waals surface area (Å²) in [4.78, 5) is 9.03. The second-order valence-corrected chi connectivity index (χ2v) is 7.42. The van der Waals surface area contributed by atoms with Gasteiger partial charge in [0.25, 0.3) is 0 Å². The van der Waals surface area contributed by atoms with Crippen molar-refractivity contribution < 1.29 is 0 Å². The fraction of sp³-hybridized carbons (Fsp3) is 0.545. The average molecular weight is 353 g/mol. The van der Waals surface area contributed by atoms with Crippen molar-refractivity contribution in [2.75, 3.05) is 17.6 Å². The van der Waals surface area contributed by atoms with Crippen LogP contribution in [0.15, 0.2) is 30.5 Å². The van der Waals surface area contributed by atoms with Gasteiger partial charge >= 0.3 is 0 Å². The molecule has 1 unspecified atom stereocenters. The predicted octanol–water partition coefficient (Wildman–Crippen LogP) is 5.10. The third-order valence-electron chi connectivity index (χ3n) is 5.46. The van der Waals surface area contributed by atoms with E-state index in [1.165, 1.54) is 55.3 Å². The molecule has 0 saturated heterocycles. The van der Waals surface area contributed by atoms with Gasteiger partial charge in [-0.3, -0.25) is 0 Å². The van der Waals surface area contributed by atoms with Crippen molar-refractivity contribution in [3.8, 4) is 0 Å². The molecule has 0 radical (unpaired) electrons. The van der Waals surface area contributed by atoms with Gasteiger partial charge < -0.3 is 11.1 Å². The molecule has 0 fully saturated rings. The van der Waals surface area contributed by atoms with Crippen molar-refractivity contribution in [2.24, 2.45) is 0 Å². The Hall–Kier alpha value is -2.10. The van der Waals surface area contributed by atoms with E-state index < -0.39 is 0 Å². The number of hydrogen-bond donors (Lipinski definition) is 2. The Kier molecular flexibility index (Phi) is 6.87. The number of pyridine rings is 2. The first-order valence-corrected chi connectivity index (χ1v) is 10.2. The fourth-order valence-electron chi connectivity index (χ4n) is 3.82. The minimum absolute atomic E-state index is 0.606. The van der Waals surface area contributed by atoms with Crippen LogP contribution in [0.4, 0.5) is 11.6 Å². The third-order valence-corrected chi connectivity index (χ3v) is 5.46. The van der Waals surface area contributed by atoms with Gasteiger partial charge in [-0.25, -0.2) is 9.97 Å². The lowest BCUT2D eigenvalue weighted by Crippen LogP contribution is -2.13. The van der Waals surface area contributed by atoms with Crippen molar-refractivity contribution in [1.29, 1.82) is 0 Å². The Labute approximate surface area is 157 Å². The van der Waals surface area contributed by atoms with Crippen LogP contribution < -0.4 is 11.1 Å². The average Bonchev–Trinajstić information content (AvgIpc) is 2.68. The molecule has 0 spiro atoms. The largest absolute Gasteiger partial charge is 0.384 e. The number of fused-ring (bicyclic) bond motifs is 1. The molecule has 1 atom stereocenters. The number of aryl methyl sites for hydroxylation is 2. The first-order chi connectivity index (χ1) is 12.8. The van der Waals surface area contributed by atoms with Crippen molar-refractivity contribution in [3.63, 3.8) is 0 Å². The SMILES string of the molecule is CCC(CCCCCCc1ccc2c(n1)NCCC2)c1ccc(N)nc1. The molecule has 2 aromatic heterocycles. The number of aromatic nitrogens is 2. The van der Waals surface area contributed by atoms with Gasteiger partial charge in [-0.05, 0) is 67.7 Å². The van der Waals surface area contributed by atoms with Crippen LogP contribution in [0.2, 0.25) is 0 Å². The van der Waals surface area contributed by atoms with E-state index in [0.717, 1.165) is 31.6 Å². The maximum Gasteiger partial charge on any atom is 0.129 e. The molecule has 26 heavy (non-hydrogen) atoms. The summed E-state index contributed by atoms with van der Waals surface area (Å²) in [6.45, 7) is 3.32. The molecule has 0 saturated carbocycles. The van der Waals surface area contributed by atoms with Gasteiger partial charge in [0, 0.05) is 18.4 Å². The smallest absolute Gasteiger partial charge is 0.129 e. The van der Waals surface area contributed by atoms with Gasteiger partial charge in [0.15, 0.2) is 0 Å². The van der Waals surface area contributed by atoms with Gasteiger partial charge in [-0.15, -0.1) is 0 Å². The van der Waals surface area contributed by atoms with Crippen LogP contribution in [-0.2, 0) is 12.8 Å². The number of hydrogen-bond acceptors (Lipinski definition) is 4. The zero-order valence-corrected chi connectivity index (χ0v) is 16.0. The van der Waals surface area contributed by atoms with Crippen LogP contribution >= 0.6 is 0 Å². The number of nitrogens with zero attached hydrogens (tertiary/aromatic N) is 2. The van der Waals surface area contributed by atoms with E-state index in [1.54, 1.807) is 0 Å². The number of nitrogens with one attached hydrogen (secondary N) is 1. The van der Waals surface area contributed by atoms with Crippen LogP contribution in [0, 0.1) is 0 Å². The summed E-state index contributed by atoms with van der Waals surface area (Å²) in [5.74, 6) is 2.34. The molecule has 3 rings (SSSR count). The number of anilines is 2. The third kappa shape index (κ3) is 5.20. The molecule has 140 valence electrons. The number of nitrogens with two attached hydrogens (primary N) is 1. The Bertz CT molecular complexity index is 681. The minimum atomic E-state index is 0.606. The topological polar surface area (TPSA) is 63.8 Å². The highest BCUT2D eigenvalue weighted by Crippen LogP contribution is 2.26. The van der Waals surface area contributed by atoms with E-state index >= 15 is 0 Å². The zero-order chi connectivity index (χ0) is 18.2. The van der Waals surface area contributed by atoms with E-state index in [2.05, 4.69) is 35.4 Å². The van der Waals surface area contributed by atoms with E-state index in [1.807, 2.05) is 12.3 Å². The zero-order valence-electron chi connectivity index (χ0n) is 16.0. The van der Waals surface area contributed by atoms with Gasteiger partial charge in [-0.1, -0.05) is 38.3 Å². The molecule has 3 heterocycles. The Balaban J connectivity index is 1.35. The Morgan fingerprint density at radius 1 is 1.12 bits per heavy atom. The summed E-state index contributed by atoms with van der Waals surface area (Å²) in [7, 11) is 0. The molecular weight excluding hydrogens is 320 g/mol. The van der Waals surface area contributed by atoms with Gasteiger partial charge in [0.05, 0.1) is 0 Å². The van der Waals surface area contributed by atoms with Crippen molar-refractivity contribution in [3.05, 3.63) is 47.3 Å². The molecular formula is C22H32N4. The van der Waals surface area contributed by atoms with Crippen LogP contribution in [-0.4, -0.2) is 16.5 Å². The lowest BCUT2D eigenvalue weighted by Gasteiger charge is -2.17. The Morgan fingerprint density at radius 2 is 2.00 bits per heavy atom. The predicted molar refractivity (Wildman–Crippen MR) is 110 cm³/mol. The summed E-state index contributed by atoms with van der Waals surface area (Å²) < 4.78 is 0. The number of rotatable bonds is 9. The highest BCUT2D eigenvalue weighted by Gasteiger charge is 2.11. The van der Waals surface area contributed by atoms with E-state index in [9.17, 15) is 0 Å². The summed E-state index contributed by atoms with van der Waals surface area (Å²) in [5, 5.41) is 3.43. The van der Waals surface area contributed by atoms with Crippen molar-refractivity contribution in [2.45, 2.75) is 70.6 Å². The highest BCUT2D eigenvalue weighted by molar-refractivity contribution is 5.47. The molecule has 0 amide bonds. The number of unbranched alkanes of at least 4 members (excludes halogenated alkanes) is 3. The molecule has 2 aromatic rings. The first-order valence-electron chi connectivity index (χ1n) is 10.2. The van der Waals surface area contributed by atoms with E-state index in [0.29, 0.717) is 11.7 Å². The van der Waals surface area contributed by atoms with Crippen LogP contribution in [0.1, 0.15) is 74.6 Å². The van der Waals surface area contributed by atoms with Crippen LogP contribution in [0.3, 0.4) is 0 Å². The highest BCUT2D eigenvalue weighted by atomic mass is 15.0. The van der Waals surface area contributed by atoms with Gasteiger partial charge in [0.2, 0.25) is 0 Å². The lowest BCUT2D eigenvalue weighted by molar-refractivity contribution is 0.535. The van der Waals surface area contributed by atoms with Crippen LogP contribution in [0.25, 0.3) is 0 Å². The molecule has 4 heteroatoms. The summed E-state index contributed by atoms with van der Waals surface area (Å²) in [6, 6.07) is 8.52. The molecule has 1 aliphatic rings. The summed E-state index contributed by atoms with van der Waals surface area (Å²) >= 11 is 0. The van der Waals surface area contributed by atoms with E-state index in [-0.39, 0.29) is 0 Å². The molecule has 0 bridgehead atoms. The van der Waals surface area contributed by atoms with Gasteiger partial charge in [0.1, 0.15) is 11.6 Å². The monoisotopic (exact) mass is 352 g/mol. The van der Waals surface area contributed by atoms with E-state index in [4.69, 9.17) is 10.7 Å². The Morgan fingerprint density at radius 3 is 2.81 bits per heavy atom. The number of nitrogen functional groups attached to an aromatic ring is 1. The maximum absolute atomic E-state index is 5.69. The fourth-order valence-corrected chi connectivity index (χ4v) is 3.82. The summed E-state index contributed by atoms with van der Waals surface area (Å²) in [5.41, 5.74) is 9.63. The second-order valence-electron chi connectivity index (χ2n) is 7.42. The van der Waals surface area contributed by atoms with Crippen molar-refractivity contribution in [1.82, 2.24) is 9.97 Å². The maximum atomic E-state index is 5.69. The lowest BCUT2D eigenvalue weighted by atomic mass is 9.92.